The van der Waals surface area contributed by atoms with Crippen molar-refractivity contribution in [3.05, 3.63) is 23.2 Å². The van der Waals surface area contributed by atoms with Gasteiger partial charge in [0.15, 0.2) is 0 Å². The Morgan fingerprint density at radius 3 is 2.61 bits per heavy atom. The quantitative estimate of drug-likeness (QED) is 0.864. The van der Waals surface area contributed by atoms with Gasteiger partial charge >= 0.3 is 0 Å². The van der Waals surface area contributed by atoms with Crippen molar-refractivity contribution in [3.8, 4) is 5.75 Å². The first-order valence-corrected chi connectivity index (χ1v) is 6.34. The van der Waals surface area contributed by atoms with Crippen molar-refractivity contribution in [2.75, 3.05) is 32.1 Å². The molecule has 0 aliphatic heterocycles. The molecule has 0 heterocycles. The maximum atomic E-state index is 11.9. The van der Waals surface area contributed by atoms with Crippen LogP contribution in [-0.2, 0) is 4.79 Å². The first-order valence-electron chi connectivity index (χ1n) is 5.96. The van der Waals surface area contributed by atoms with Gasteiger partial charge in [-0.25, -0.2) is 0 Å². The molecule has 1 aromatic carbocycles. The van der Waals surface area contributed by atoms with Crippen molar-refractivity contribution in [1.82, 2.24) is 4.90 Å². The first-order chi connectivity index (χ1) is 8.60. The second-order valence-corrected chi connectivity index (χ2v) is 4.29. The normalized spacial score (nSPS) is 10.5. The number of benzene rings is 1. The molecule has 0 bridgehead atoms. The van der Waals surface area contributed by atoms with Crippen LogP contribution in [0.1, 0.15) is 13.8 Å². The summed E-state index contributed by atoms with van der Waals surface area (Å²) in [6, 6.07) is 5.14. The van der Waals surface area contributed by atoms with E-state index in [9.17, 15) is 4.79 Å². The Bertz CT molecular complexity index is 406. The number of anilines is 1. The van der Waals surface area contributed by atoms with E-state index in [1.165, 1.54) is 0 Å². The van der Waals surface area contributed by atoms with Crippen molar-refractivity contribution < 1.29 is 9.53 Å². The lowest BCUT2D eigenvalue weighted by Crippen LogP contribution is -2.33. The van der Waals surface area contributed by atoms with Crippen LogP contribution in [0.5, 0.6) is 5.75 Å². The molecule has 4 nitrogen and oxygen atoms in total. The van der Waals surface area contributed by atoms with Crippen LogP contribution >= 0.6 is 11.6 Å². The highest BCUT2D eigenvalue weighted by Gasteiger charge is 2.10. The fourth-order valence-corrected chi connectivity index (χ4v) is 1.79. The van der Waals surface area contributed by atoms with Crippen LogP contribution in [0.3, 0.4) is 0 Å². The van der Waals surface area contributed by atoms with Gasteiger partial charge in [-0.05, 0) is 31.3 Å². The van der Waals surface area contributed by atoms with Gasteiger partial charge in [-0.3, -0.25) is 9.69 Å². The third-order valence-electron chi connectivity index (χ3n) is 2.70. The second kappa shape index (κ2) is 7.24. The smallest absolute Gasteiger partial charge is 0.238 e. The number of halogens is 1. The summed E-state index contributed by atoms with van der Waals surface area (Å²) in [5.41, 5.74) is 0.599. The number of ether oxygens (including phenoxy) is 1. The zero-order valence-electron chi connectivity index (χ0n) is 11.0. The van der Waals surface area contributed by atoms with Gasteiger partial charge in [-0.2, -0.15) is 0 Å². The topological polar surface area (TPSA) is 41.6 Å². The number of nitrogens with one attached hydrogen (secondary N) is 1. The average molecular weight is 271 g/mol. The van der Waals surface area contributed by atoms with Gasteiger partial charge in [-0.1, -0.05) is 25.4 Å². The fourth-order valence-electron chi connectivity index (χ4n) is 1.62. The standard InChI is InChI=1S/C13H19ClN2O2/c1-4-16(5-2)9-13(17)15-11-8-10(14)6-7-12(11)18-3/h6-8H,4-5,9H2,1-3H3,(H,15,17). The zero-order chi connectivity index (χ0) is 13.5. The number of amides is 1. The Labute approximate surface area is 113 Å². The van der Waals surface area contributed by atoms with E-state index in [0.717, 1.165) is 13.1 Å². The van der Waals surface area contributed by atoms with Crippen molar-refractivity contribution >= 4 is 23.2 Å². The van der Waals surface area contributed by atoms with E-state index in [-0.39, 0.29) is 5.91 Å². The van der Waals surface area contributed by atoms with E-state index in [0.29, 0.717) is 23.0 Å². The molecule has 0 aliphatic rings. The summed E-state index contributed by atoms with van der Waals surface area (Å²) in [4.78, 5) is 13.9. The number of carbonyl (C=O) groups is 1. The SMILES string of the molecule is CCN(CC)CC(=O)Nc1cc(Cl)ccc1OC. The zero-order valence-corrected chi connectivity index (χ0v) is 11.8. The van der Waals surface area contributed by atoms with Crippen LogP contribution in [0, 0.1) is 0 Å². The third-order valence-corrected chi connectivity index (χ3v) is 2.93. The minimum Gasteiger partial charge on any atom is -0.495 e. The third kappa shape index (κ3) is 4.20. The molecule has 0 atom stereocenters. The number of methoxy groups -OCH3 is 1. The molecular weight excluding hydrogens is 252 g/mol. The van der Waals surface area contributed by atoms with Crippen molar-refractivity contribution in [1.29, 1.82) is 0 Å². The van der Waals surface area contributed by atoms with E-state index < -0.39 is 0 Å². The predicted octanol–water partition coefficient (Wildman–Crippen LogP) is 2.63. The Hall–Kier alpha value is -1.26. The summed E-state index contributed by atoms with van der Waals surface area (Å²) in [6.45, 7) is 6.10. The number of likely N-dealkylation sites (N-methyl/N-ethyl adjacent to an activating group) is 1. The van der Waals surface area contributed by atoms with Gasteiger partial charge in [0, 0.05) is 5.02 Å². The van der Waals surface area contributed by atoms with Crippen LogP contribution < -0.4 is 10.1 Å². The highest BCUT2D eigenvalue weighted by Crippen LogP contribution is 2.27. The largest absolute Gasteiger partial charge is 0.495 e. The van der Waals surface area contributed by atoms with E-state index in [4.69, 9.17) is 16.3 Å². The Morgan fingerprint density at radius 1 is 1.39 bits per heavy atom. The number of hydrogen-bond acceptors (Lipinski definition) is 3. The van der Waals surface area contributed by atoms with E-state index >= 15 is 0 Å². The van der Waals surface area contributed by atoms with E-state index in [1.54, 1.807) is 25.3 Å². The average Bonchev–Trinajstić information content (AvgIpc) is 2.36. The molecule has 1 aromatic rings. The van der Waals surface area contributed by atoms with Gasteiger partial charge in [0.05, 0.1) is 19.3 Å². The first kappa shape index (κ1) is 14.8. The summed E-state index contributed by atoms with van der Waals surface area (Å²) in [6.07, 6.45) is 0. The lowest BCUT2D eigenvalue weighted by atomic mass is 10.3. The number of hydrogen-bond donors (Lipinski definition) is 1. The van der Waals surface area contributed by atoms with Gasteiger partial charge in [0.25, 0.3) is 0 Å². The molecule has 1 N–H and O–H groups in total. The molecule has 0 saturated carbocycles. The van der Waals surface area contributed by atoms with E-state index in [2.05, 4.69) is 5.32 Å². The Kier molecular flexibility index (Phi) is 5.95. The van der Waals surface area contributed by atoms with Crippen LogP contribution in [0.15, 0.2) is 18.2 Å². The maximum Gasteiger partial charge on any atom is 0.238 e. The molecule has 0 unspecified atom stereocenters. The summed E-state index contributed by atoms with van der Waals surface area (Å²) in [5, 5.41) is 3.38. The van der Waals surface area contributed by atoms with Crippen LogP contribution in [0.4, 0.5) is 5.69 Å². The van der Waals surface area contributed by atoms with Gasteiger partial charge in [0.1, 0.15) is 5.75 Å². The highest BCUT2D eigenvalue weighted by atomic mass is 35.5. The Morgan fingerprint density at radius 2 is 2.06 bits per heavy atom. The molecule has 1 amide bonds. The molecule has 0 spiro atoms. The molecule has 0 aliphatic carbocycles. The van der Waals surface area contributed by atoms with Crippen LogP contribution in [0.25, 0.3) is 0 Å². The number of rotatable bonds is 6. The summed E-state index contributed by atoms with van der Waals surface area (Å²) >= 11 is 5.90. The molecule has 0 radical (unpaired) electrons. The molecular formula is C13H19ClN2O2. The van der Waals surface area contributed by atoms with Gasteiger partial charge in [0.2, 0.25) is 5.91 Å². The van der Waals surface area contributed by atoms with Crippen LogP contribution in [0.2, 0.25) is 5.02 Å². The van der Waals surface area contributed by atoms with Crippen molar-refractivity contribution in [3.63, 3.8) is 0 Å². The number of nitrogens with zero attached hydrogens (tertiary/aromatic N) is 1. The predicted molar refractivity (Wildman–Crippen MR) is 74.4 cm³/mol. The summed E-state index contributed by atoms with van der Waals surface area (Å²) in [7, 11) is 1.56. The lowest BCUT2D eigenvalue weighted by molar-refractivity contribution is -0.117. The monoisotopic (exact) mass is 270 g/mol. The maximum absolute atomic E-state index is 11.9. The van der Waals surface area contributed by atoms with E-state index in [1.807, 2.05) is 18.7 Å². The molecule has 0 saturated heterocycles. The number of carbonyl (C=O) groups excluding carboxylic acids is 1. The summed E-state index contributed by atoms with van der Waals surface area (Å²) in [5.74, 6) is 0.534. The highest BCUT2D eigenvalue weighted by molar-refractivity contribution is 6.31. The van der Waals surface area contributed by atoms with Gasteiger partial charge in [-0.15, -0.1) is 0 Å². The molecule has 0 aromatic heterocycles. The second-order valence-electron chi connectivity index (χ2n) is 3.85. The fraction of sp³-hybridized carbons (Fsp3) is 0.462. The minimum atomic E-state index is -0.0701. The lowest BCUT2D eigenvalue weighted by Gasteiger charge is -2.18. The minimum absolute atomic E-state index is 0.0701. The summed E-state index contributed by atoms with van der Waals surface area (Å²) < 4.78 is 5.17. The molecule has 18 heavy (non-hydrogen) atoms. The molecule has 100 valence electrons. The van der Waals surface area contributed by atoms with Gasteiger partial charge < -0.3 is 10.1 Å². The molecule has 5 heteroatoms. The van der Waals surface area contributed by atoms with Crippen molar-refractivity contribution in [2.45, 2.75) is 13.8 Å². The Balaban J connectivity index is 2.71. The molecule has 0 fully saturated rings. The van der Waals surface area contributed by atoms with Crippen molar-refractivity contribution in [2.24, 2.45) is 0 Å². The molecule has 1 rings (SSSR count). The van der Waals surface area contributed by atoms with Crippen LogP contribution in [-0.4, -0.2) is 37.6 Å².